The highest BCUT2D eigenvalue weighted by molar-refractivity contribution is 5.74. The Kier molecular flexibility index (Phi) is 5.21. The van der Waals surface area contributed by atoms with Gasteiger partial charge in [-0.2, -0.15) is 0 Å². The lowest BCUT2D eigenvalue weighted by molar-refractivity contribution is 0.202. The number of rotatable bonds is 4. The molecule has 0 unspecified atom stereocenters. The number of benzene rings is 2. The summed E-state index contributed by atoms with van der Waals surface area (Å²) in [6.45, 7) is 5.37. The summed E-state index contributed by atoms with van der Waals surface area (Å²) >= 11 is 0. The van der Waals surface area contributed by atoms with Gasteiger partial charge in [-0.25, -0.2) is 4.79 Å². The molecule has 2 aromatic rings. The van der Waals surface area contributed by atoms with Crippen LogP contribution in [0.4, 0.5) is 4.79 Å². The van der Waals surface area contributed by atoms with Gasteiger partial charge in [-0.15, -0.1) is 0 Å². The number of hydrogen-bond acceptors (Lipinski definition) is 2. The van der Waals surface area contributed by atoms with Crippen LogP contribution in [0.1, 0.15) is 29.0 Å². The SMILES string of the molecule is O=C(NCCN1CCc2ccccc2C1)N1CC[C@@H](c2ccccc2)C1. The lowest BCUT2D eigenvalue weighted by atomic mass is 9.99. The monoisotopic (exact) mass is 349 g/mol. The fourth-order valence-corrected chi connectivity index (χ4v) is 4.12. The summed E-state index contributed by atoms with van der Waals surface area (Å²) in [5, 5.41) is 3.11. The molecule has 2 heterocycles. The van der Waals surface area contributed by atoms with Crippen LogP contribution in [0.3, 0.4) is 0 Å². The number of carbonyl (C=O) groups excluding carboxylic acids is 1. The summed E-state index contributed by atoms with van der Waals surface area (Å²) in [4.78, 5) is 16.8. The number of hydrogen-bond donors (Lipinski definition) is 1. The molecule has 4 rings (SSSR count). The van der Waals surface area contributed by atoms with Crippen LogP contribution in [-0.4, -0.2) is 48.6 Å². The van der Waals surface area contributed by atoms with Gasteiger partial charge in [-0.05, 0) is 29.5 Å². The number of amides is 2. The number of urea groups is 1. The smallest absolute Gasteiger partial charge is 0.317 e. The molecule has 1 fully saturated rings. The van der Waals surface area contributed by atoms with E-state index in [1.807, 2.05) is 11.0 Å². The Morgan fingerprint density at radius 1 is 1.00 bits per heavy atom. The van der Waals surface area contributed by atoms with E-state index in [9.17, 15) is 4.79 Å². The van der Waals surface area contributed by atoms with Gasteiger partial charge in [0.15, 0.2) is 0 Å². The zero-order valence-electron chi connectivity index (χ0n) is 15.2. The molecule has 0 aromatic heterocycles. The maximum atomic E-state index is 12.5. The fraction of sp³-hybridized carbons (Fsp3) is 0.409. The van der Waals surface area contributed by atoms with E-state index in [-0.39, 0.29) is 6.03 Å². The van der Waals surface area contributed by atoms with E-state index in [0.717, 1.165) is 45.6 Å². The van der Waals surface area contributed by atoms with Crippen LogP contribution in [0.15, 0.2) is 54.6 Å². The van der Waals surface area contributed by atoms with E-state index < -0.39 is 0 Å². The average Bonchev–Trinajstić information content (AvgIpc) is 3.19. The van der Waals surface area contributed by atoms with Crippen LogP contribution in [-0.2, 0) is 13.0 Å². The van der Waals surface area contributed by atoms with Gasteiger partial charge in [0.05, 0.1) is 0 Å². The topological polar surface area (TPSA) is 35.6 Å². The lowest BCUT2D eigenvalue weighted by Crippen LogP contribution is -2.43. The predicted molar refractivity (Wildman–Crippen MR) is 104 cm³/mol. The molecule has 0 radical (unpaired) electrons. The summed E-state index contributed by atoms with van der Waals surface area (Å²) in [6, 6.07) is 19.3. The molecule has 2 aliphatic heterocycles. The fourth-order valence-electron chi connectivity index (χ4n) is 4.12. The van der Waals surface area contributed by atoms with Gasteiger partial charge < -0.3 is 10.2 Å². The van der Waals surface area contributed by atoms with Gasteiger partial charge in [-0.3, -0.25) is 4.90 Å². The van der Waals surface area contributed by atoms with Crippen molar-refractivity contribution in [2.45, 2.75) is 25.3 Å². The molecule has 4 heteroatoms. The van der Waals surface area contributed by atoms with E-state index in [0.29, 0.717) is 12.5 Å². The first-order chi connectivity index (χ1) is 12.8. The molecule has 1 N–H and O–H groups in total. The van der Waals surface area contributed by atoms with Crippen LogP contribution in [0.25, 0.3) is 0 Å². The molecule has 0 bridgehead atoms. The predicted octanol–water partition coefficient (Wildman–Crippen LogP) is 3.24. The van der Waals surface area contributed by atoms with Gasteiger partial charge >= 0.3 is 6.03 Å². The van der Waals surface area contributed by atoms with E-state index in [1.165, 1.54) is 16.7 Å². The minimum absolute atomic E-state index is 0.0841. The highest BCUT2D eigenvalue weighted by Gasteiger charge is 2.27. The van der Waals surface area contributed by atoms with E-state index >= 15 is 0 Å². The second-order valence-electron chi connectivity index (χ2n) is 7.37. The lowest BCUT2D eigenvalue weighted by Gasteiger charge is -2.29. The first-order valence-electron chi connectivity index (χ1n) is 9.66. The molecule has 2 aliphatic rings. The Hall–Kier alpha value is -2.33. The normalized spacial score (nSPS) is 20.0. The third-order valence-electron chi connectivity index (χ3n) is 5.66. The average molecular weight is 349 g/mol. The number of carbonyl (C=O) groups is 1. The maximum absolute atomic E-state index is 12.5. The minimum atomic E-state index is 0.0841. The van der Waals surface area contributed by atoms with Crippen molar-refractivity contribution in [3.63, 3.8) is 0 Å². The summed E-state index contributed by atoms with van der Waals surface area (Å²) in [5.74, 6) is 0.473. The van der Waals surface area contributed by atoms with E-state index in [2.05, 4.69) is 58.7 Å². The molecule has 136 valence electrons. The summed E-state index contributed by atoms with van der Waals surface area (Å²) in [5.41, 5.74) is 4.24. The Bertz CT molecular complexity index is 746. The molecule has 4 nitrogen and oxygen atoms in total. The van der Waals surface area contributed by atoms with Gasteiger partial charge in [0, 0.05) is 45.2 Å². The number of nitrogens with one attached hydrogen (secondary N) is 1. The van der Waals surface area contributed by atoms with Crippen LogP contribution < -0.4 is 5.32 Å². The van der Waals surface area contributed by atoms with Gasteiger partial charge in [0.25, 0.3) is 0 Å². The third-order valence-corrected chi connectivity index (χ3v) is 5.66. The molecule has 0 saturated carbocycles. The van der Waals surface area contributed by atoms with Gasteiger partial charge in [0.2, 0.25) is 0 Å². The summed E-state index contributed by atoms with van der Waals surface area (Å²) in [7, 11) is 0. The van der Waals surface area contributed by atoms with Crippen molar-refractivity contribution < 1.29 is 4.79 Å². The summed E-state index contributed by atoms with van der Waals surface area (Å²) in [6.07, 6.45) is 2.16. The van der Waals surface area contributed by atoms with Crippen LogP contribution in [0, 0.1) is 0 Å². The zero-order chi connectivity index (χ0) is 17.8. The summed E-state index contributed by atoms with van der Waals surface area (Å²) < 4.78 is 0. The highest BCUT2D eigenvalue weighted by Crippen LogP contribution is 2.26. The van der Waals surface area contributed by atoms with Crippen molar-refractivity contribution in [3.05, 3.63) is 71.3 Å². The number of likely N-dealkylation sites (tertiary alicyclic amines) is 1. The van der Waals surface area contributed by atoms with Crippen molar-refractivity contribution in [2.75, 3.05) is 32.7 Å². The van der Waals surface area contributed by atoms with Crippen molar-refractivity contribution in [1.29, 1.82) is 0 Å². The molecule has 2 aromatic carbocycles. The first-order valence-corrected chi connectivity index (χ1v) is 9.66. The standard InChI is InChI=1S/C22H27N3O/c26-22(25-14-11-21(17-25)18-6-2-1-3-7-18)23-12-15-24-13-10-19-8-4-5-9-20(19)16-24/h1-9,21H,10-17H2,(H,23,26)/t21-/m1/s1. The minimum Gasteiger partial charge on any atom is -0.337 e. The molecular weight excluding hydrogens is 322 g/mol. The van der Waals surface area contributed by atoms with Crippen molar-refractivity contribution in [1.82, 2.24) is 15.1 Å². The molecule has 1 saturated heterocycles. The Labute approximate surface area is 155 Å². The number of nitrogens with zero attached hydrogens (tertiary/aromatic N) is 2. The highest BCUT2D eigenvalue weighted by atomic mass is 16.2. The van der Waals surface area contributed by atoms with Crippen molar-refractivity contribution in [3.8, 4) is 0 Å². The van der Waals surface area contributed by atoms with Crippen molar-refractivity contribution >= 4 is 6.03 Å². The quantitative estimate of drug-likeness (QED) is 0.920. The van der Waals surface area contributed by atoms with E-state index in [1.54, 1.807) is 0 Å². The Balaban J connectivity index is 1.22. The second-order valence-corrected chi connectivity index (χ2v) is 7.37. The van der Waals surface area contributed by atoms with Crippen LogP contribution >= 0.6 is 0 Å². The van der Waals surface area contributed by atoms with E-state index in [4.69, 9.17) is 0 Å². The first kappa shape index (κ1) is 17.1. The molecule has 0 spiro atoms. The Morgan fingerprint density at radius 3 is 2.62 bits per heavy atom. The second kappa shape index (κ2) is 7.92. The van der Waals surface area contributed by atoms with Crippen molar-refractivity contribution in [2.24, 2.45) is 0 Å². The molecular formula is C22H27N3O. The van der Waals surface area contributed by atoms with Crippen LogP contribution in [0.5, 0.6) is 0 Å². The van der Waals surface area contributed by atoms with Gasteiger partial charge in [-0.1, -0.05) is 54.6 Å². The molecule has 26 heavy (non-hydrogen) atoms. The molecule has 0 aliphatic carbocycles. The molecule has 2 amide bonds. The zero-order valence-corrected chi connectivity index (χ0v) is 15.2. The maximum Gasteiger partial charge on any atom is 0.317 e. The third kappa shape index (κ3) is 3.91. The molecule has 1 atom stereocenters. The Morgan fingerprint density at radius 2 is 1.77 bits per heavy atom. The largest absolute Gasteiger partial charge is 0.337 e. The number of fused-ring (bicyclic) bond motifs is 1. The van der Waals surface area contributed by atoms with Gasteiger partial charge in [0.1, 0.15) is 0 Å². The van der Waals surface area contributed by atoms with Crippen LogP contribution in [0.2, 0.25) is 0 Å².